The highest BCUT2D eigenvalue weighted by molar-refractivity contribution is 6.33. The van der Waals surface area contributed by atoms with Crippen molar-refractivity contribution in [3.8, 4) is 22.4 Å². The molecule has 34 heavy (non-hydrogen) atoms. The normalized spacial score (nSPS) is 15.4. The Bertz CT molecular complexity index is 1410. The summed E-state index contributed by atoms with van der Waals surface area (Å²) in [5.41, 5.74) is 2.40. The lowest BCUT2D eigenvalue weighted by molar-refractivity contribution is 0.613. The van der Waals surface area contributed by atoms with Crippen LogP contribution in [0.1, 0.15) is 6.42 Å². The predicted molar refractivity (Wildman–Crippen MR) is 131 cm³/mol. The van der Waals surface area contributed by atoms with E-state index in [1.54, 1.807) is 36.4 Å². The minimum atomic E-state index is -0.626. The third-order valence-corrected chi connectivity index (χ3v) is 6.31. The van der Waals surface area contributed by atoms with E-state index in [1.165, 1.54) is 18.2 Å². The van der Waals surface area contributed by atoms with Crippen LogP contribution in [0.15, 0.2) is 54.6 Å². The summed E-state index contributed by atoms with van der Waals surface area (Å²) in [5, 5.41) is 7.55. The van der Waals surface area contributed by atoms with Gasteiger partial charge in [0.2, 0.25) is 11.6 Å². The van der Waals surface area contributed by atoms with Crippen LogP contribution in [-0.4, -0.2) is 29.6 Å². The minimum Gasteiger partial charge on any atom is -0.354 e. The summed E-state index contributed by atoms with van der Waals surface area (Å²) in [6.45, 7) is 9.76. The zero-order valence-corrected chi connectivity index (χ0v) is 18.8. The fourth-order valence-electron chi connectivity index (χ4n) is 4.23. The number of aromatic nitrogens is 2. The molecule has 1 aliphatic heterocycles. The molecule has 170 valence electrons. The standard InChI is InChI=1S/C26H20ClF2N5/c1-30-23-8-6-17(12-21(23)29)25-18-11-16(24-19(27)3-2-4-20(24)28)5-7-22(18)33-26(34-25)32-14-15-9-10-31-13-15/h2-8,11-12,15,31H,9-10,13-14H2,(H,32,33,34)/t15-/m0/s1. The lowest BCUT2D eigenvalue weighted by atomic mass is 9.99. The summed E-state index contributed by atoms with van der Waals surface area (Å²) in [7, 11) is 0. The molecular formula is C26H20ClF2N5. The minimum absolute atomic E-state index is 0.0620. The molecule has 2 N–H and O–H groups in total. The van der Waals surface area contributed by atoms with Gasteiger partial charge in [0.25, 0.3) is 0 Å². The number of benzene rings is 3. The number of hydrogen-bond acceptors (Lipinski definition) is 4. The van der Waals surface area contributed by atoms with E-state index in [9.17, 15) is 8.78 Å². The van der Waals surface area contributed by atoms with Crippen molar-refractivity contribution in [2.24, 2.45) is 5.92 Å². The van der Waals surface area contributed by atoms with Gasteiger partial charge in [0.1, 0.15) is 11.6 Å². The molecule has 5 rings (SSSR count). The Hall–Kier alpha value is -3.60. The first-order valence-electron chi connectivity index (χ1n) is 10.9. The molecule has 0 bridgehead atoms. The molecule has 1 saturated heterocycles. The Labute approximate surface area is 200 Å². The number of nitrogens with one attached hydrogen (secondary N) is 2. The molecule has 0 aliphatic carbocycles. The van der Waals surface area contributed by atoms with E-state index >= 15 is 0 Å². The maximum absolute atomic E-state index is 14.6. The van der Waals surface area contributed by atoms with Gasteiger partial charge in [-0.3, -0.25) is 0 Å². The molecule has 8 heteroatoms. The number of nitrogens with zero attached hydrogens (tertiary/aromatic N) is 3. The average Bonchev–Trinajstić information content (AvgIpc) is 3.36. The van der Waals surface area contributed by atoms with Gasteiger partial charge in [-0.25, -0.2) is 23.6 Å². The first-order valence-corrected chi connectivity index (χ1v) is 11.3. The van der Waals surface area contributed by atoms with E-state index in [0.29, 0.717) is 46.1 Å². The maximum Gasteiger partial charge on any atom is 0.223 e. The molecule has 0 radical (unpaired) electrons. The molecule has 0 amide bonds. The van der Waals surface area contributed by atoms with E-state index in [0.717, 1.165) is 19.5 Å². The Morgan fingerprint density at radius 3 is 2.65 bits per heavy atom. The third-order valence-electron chi connectivity index (χ3n) is 6.00. The van der Waals surface area contributed by atoms with Crippen molar-refractivity contribution in [2.75, 3.05) is 25.0 Å². The fraction of sp³-hybridized carbons (Fsp3) is 0.192. The van der Waals surface area contributed by atoms with Crippen molar-refractivity contribution < 1.29 is 8.78 Å². The van der Waals surface area contributed by atoms with E-state index in [2.05, 4.69) is 20.5 Å². The highest BCUT2D eigenvalue weighted by Gasteiger charge is 2.18. The lowest BCUT2D eigenvalue weighted by Crippen LogP contribution is -2.18. The molecule has 1 aromatic heterocycles. The molecule has 2 heterocycles. The van der Waals surface area contributed by atoms with Crippen molar-refractivity contribution in [1.29, 1.82) is 0 Å². The summed E-state index contributed by atoms with van der Waals surface area (Å²) < 4.78 is 29.1. The van der Waals surface area contributed by atoms with Crippen LogP contribution in [-0.2, 0) is 0 Å². The van der Waals surface area contributed by atoms with Crippen LogP contribution in [0.2, 0.25) is 5.02 Å². The van der Waals surface area contributed by atoms with Gasteiger partial charge < -0.3 is 10.6 Å². The average molecular weight is 476 g/mol. The highest BCUT2D eigenvalue weighted by Crippen LogP contribution is 2.36. The van der Waals surface area contributed by atoms with Gasteiger partial charge in [0, 0.05) is 23.1 Å². The number of hydrogen-bond donors (Lipinski definition) is 2. The van der Waals surface area contributed by atoms with Crippen molar-refractivity contribution >= 4 is 34.1 Å². The molecule has 4 aromatic rings. The number of halogens is 3. The number of anilines is 1. The van der Waals surface area contributed by atoms with Gasteiger partial charge >= 0.3 is 0 Å². The zero-order valence-electron chi connectivity index (χ0n) is 18.1. The van der Waals surface area contributed by atoms with Crippen molar-refractivity contribution in [3.63, 3.8) is 0 Å². The smallest absolute Gasteiger partial charge is 0.223 e. The van der Waals surface area contributed by atoms with Crippen LogP contribution in [0.4, 0.5) is 20.4 Å². The second kappa shape index (κ2) is 9.34. The van der Waals surface area contributed by atoms with Crippen molar-refractivity contribution in [1.82, 2.24) is 15.3 Å². The number of fused-ring (bicyclic) bond motifs is 1. The summed E-state index contributed by atoms with van der Waals surface area (Å²) in [5.74, 6) is -0.159. The second-order valence-corrected chi connectivity index (χ2v) is 8.65. The maximum atomic E-state index is 14.6. The van der Waals surface area contributed by atoms with E-state index in [-0.39, 0.29) is 16.3 Å². The largest absolute Gasteiger partial charge is 0.354 e. The first kappa shape index (κ1) is 22.2. The van der Waals surface area contributed by atoms with Crippen molar-refractivity contribution in [3.05, 3.63) is 82.7 Å². The van der Waals surface area contributed by atoms with Crippen LogP contribution in [0.5, 0.6) is 0 Å². The van der Waals surface area contributed by atoms with Crippen LogP contribution in [0.25, 0.3) is 38.1 Å². The SMILES string of the molecule is [C-]#[N+]c1ccc(-c2nc(NC[C@H]3CCNC3)nc3ccc(-c4c(F)cccc4Cl)cc23)cc1F. The van der Waals surface area contributed by atoms with Gasteiger partial charge in [-0.15, -0.1) is 0 Å². The topological polar surface area (TPSA) is 54.2 Å². The van der Waals surface area contributed by atoms with Gasteiger partial charge in [-0.05, 0) is 61.3 Å². The van der Waals surface area contributed by atoms with E-state index in [4.69, 9.17) is 23.2 Å². The number of rotatable bonds is 5. The fourth-order valence-corrected chi connectivity index (χ4v) is 4.50. The van der Waals surface area contributed by atoms with E-state index in [1.807, 2.05) is 0 Å². The monoisotopic (exact) mass is 475 g/mol. The summed E-state index contributed by atoms with van der Waals surface area (Å²) in [6.07, 6.45) is 1.07. The first-order chi connectivity index (χ1) is 16.5. The predicted octanol–water partition coefficient (Wildman–Crippen LogP) is 6.47. The molecule has 0 spiro atoms. The Morgan fingerprint density at radius 1 is 1.06 bits per heavy atom. The quantitative estimate of drug-likeness (QED) is 0.325. The molecule has 3 aromatic carbocycles. The zero-order chi connectivity index (χ0) is 23.7. The summed E-state index contributed by atoms with van der Waals surface area (Å²) in [6, 6.07) is 14.2. The Kier molecular flexibility index (Phi) is 6.10. The Morgan fingerprint density at radius 2 is 1.91 bits per heavy atom. The van der Waals surface area contributed by atoms with Gasteiger partial charge in [0.15, 0.2) is 0 Å². The molecule has 0 saturated carbocycles. The van der Waals surface area contributed by atoms with Crippen molar-refractivity contribution in [2.45, 2.75) is 6.42 Å². The van der Waals surface area contributed by atoms with Crippen LogP contribution < -0.4 is 10.6 Å². The summed E-state index contributed by atoms with van der Waals surface area (Å²) >= 11 is 6.29. The molecule has 1 fully saturated rings. The van der Waals surface area contributed by atoms with Crippen LogP contribution >= 0.6 is 11.6 Å². The Balaban J connectivity index is 1.65. The van der Waals surface area contributed by atoms with Crippen LogP contribution in [0.3, 0.4) is 0 Å². The van der Waals surface area contributed by atoms with Gasteiger partial charge in [-0.1, -0.05) is 35.9 Å². The van der Waals surface area contributed by atoms with Gasteiger partial charge in [-0.2, -0.15) is 0 Å². The van der Waals surface area contributed by atoms with Gasteiger partial charge in [0.05, 0.1) is 22.8 Å². The second-order valence-electron chi connectivity index (χ2n) is 8.24. The van der Waals surface area contributed by atoms with E-state index < -0.39 is 11.6 Å². The van der Waals surface area contributed by atoms with Crippen LogP contribution in [0, 0.1) is 24.1 Å². The third kappa shape index (κ3) is 4.30. The molecule has 5 nitrogen and oxygen atoms in total. The summed E-state index contributed by atoms with van der Waals surface area (Å²) in [4.78, 5) is 12.5. The molecule has 1 aliphatic rings. The molecule has 1 atom stereocenters. The lowest BCUT2D eigenvalue weighted by Gasteiger charge is -2.14. The molecule has 0 unspecified atom stereocenters. The molecular weight excluding hydrogens is 456 g/mol. The highest BCUT2D eigenvalue weighted by atomic mass is 35.5.